The van der Waals surface area contributed by atoms with Crippen molar-refractivity contribution in [1.82, 2.24) is 12.3 Å². The van der Waals surface area contributed by atoms with Gasteiger partial charge in [0.25, 0.3) is 0 Å². The molecule has 0 bridgehead atoms. The molecule has 0 aliphatic rings. The highest BCUT2D eigenvalue weighted by atomic mass is 16.4. The van der Waals surface area contributed by atoms with E-state index in [-0.39, 0.29) is 12.3 Å². The van der Waals surface area contributed by atoms with Gasteiger partial charge in [0.1, 0.15) is 5.57 Å². The molecular weight excluding hydrogens is 248 g/mol. The first-order valence-corrected chi connectivity index (χ1v) is 5.09. The van der Waals surface area contributed by atoms with Crippen LogP contribution in [0.25, 0.3) is 6.08 Å². The fraction of sp³-hybridized carbons (Fsp3) is 0.231. The van der Waals surface area contributed by atoms with Crippen LogP contribution in [0.3, 0.4) is 0 Å². The van der Waals surface area contributed by atoms with Crippen LogP contribution in [0.5, 0.6) is 0 Å². The quantitative estimate of drug-likeness (QED) is 0.376. The van der Waals surface area contributed by atoms with E-state index in [1.165, 1.54) is 6.08 Å². The van der Waals surface area contributed by atoms with Gasteiger partial charge in [0.2, 0.25) is 0 Å². The normalized spacial score (nSPS) is 8.79. The molecule has 0 saturated heterocycles. The van der Waals surface area contributed by atoms with E-state index in [4.69, 9.17) is 10.2 Å². The molecular formula is C13H20N2O4. The van der Waals surface area contributed by atoms with Gasteiger partial charge in [-0.2, -0.15) is 0 Å². The molecule has 106 valence electrons. The SMILES string of the molecule is Cc1cc(C)c(C=C(C(=O)O)C(=O)O)c(C)c1.N.N. The number of benzene rings is 1. The minimum atomic E-state index is -1.43. The second-order valence-electron chi connectivity index (χ2n) is 3.98. The molecule has 0 saturated carbocycles. The van der Waals surface area contributed by atoms with Gasteiger partial charge in [0.15, 0.2) is 0 Å². The van der Waals surface area contributed by atoms with Crippen molar-refractivity contribution in [1.29, 1.82) is 0 Å². The Bertz CT molecular complexity index is 482. The number of hydrogen-bond acceptors (Lipinski definition) is 4. The van der Waals surface area contributed by atoms with Crippen molar-refractivity contribution in [2.45, 2.75) is 20.8 Å². The molecule has 1 aromatic carbocycles. The van der Waals surface area contributed by atoms with E-state index in [1.54, 1.807) is 0 Å². The molecule has 1 rings (SSSR count). The Morgan fingerprint density at radius 1 is 0.947 bits per heavy atom. The molecule has 0 heterocycles. The van der Waals surface area contributed by atoms with Crippen LogP contribution >= 0.6 is 0 Å². The maximum atomic E-state index is 10.8. The summed E-state index contributed by atoms with van der Waals surface area (Å²) in [5.41, 5.74) is 2.81. The Morgan fingerprint density at radius 2 is 1.32 bits per heavy atom. The first-order valence-electron chi connectivity index (χ1n) is 5.09. The summed E-state index contributed by atoms with van der Waals surface area (Å²) in [5.74, 6) is -2.87. The highest BCUT2D eigenvalue weighted by Gasteiger charge is 2.16. The van der Waals surface area contributed by atoms with Crippen molar-refractivity contribution in [2.75, 3.05) is 0 Å². The lowest BCUT2D eigenvalue weighted by Gasteiger charge is -2.07. The third-order valence-corrected chi connectivity index (χ3v) is 2.49. The second kappa shape index (κ2) is 7.30. The Hall–Kier alpha value is -2.18. The van der Waals surface area contributed by atoms with Crippen LogP contribution in [0, 0.1) is 20.8 Å². The van der Waals surface area contributed by atoms with Gasteiger partial charge >= 0.3 is 11.9 Å². The van der Waals surface area contributed by atoms with Crippen LogP contribution in [-0.2, 0) is 9.59 Å². The van der Waals surface area contributed by atoms with E-state index in [9.17, 15) is 9.59 Å². The van der Waals surface area contributed by atoms with Crippen LogP contribution in [-0.4, -0.2) is 22.2 Å². The predicted octanol–water partition coefficient (Wildman–Crippen LogP) is 2.49. The fourth-order valence-corrected chi connectivity index (χ4v) is 1.78. The van der Waals surface area contributed by atoms with Crippen LogP contribution in [0.1, 0.15) is 22.3 Å². The monoisotopic (exact) mass is 268 g/mol. The summed E-state index contributed by atoms with van der Waals surface area (Å²) in [5, 5.41) is 17.6. The average molecular weight is 268 g/mol. The topological polar surface area (TPSA) is 145 Å². The van der Waals surface area contributed by atoms with Gasteiger partial charge < -0.3 is 22.5 Å². The minimum absolute atomic E-state index is 0. The van der Waals surface area contributed by atoms with E-state index in [1.807, 2.05) is 32.9 Å². The van der Waals surface area contributed by atoms with Gasteiger partial charge in [0, 0.05) is 0 Å². The molecule has 0 aliphatic heterocycles. The van der Waals surface area contributed by atoms with Crippen LogP contribution in [0.4, 0.5) is 0 Å². The van der Waals surface area contributed by atoms with Gasteiger partial charge in [-0.25, -0.2) is 9.59 Å². The average Bonchev–Trinajstić information content (AvgIpc) is 2.14. The minimum Gasteiger partial charge on any atom is -0.477 e. The first-order chi connectivity index (χ1) is 7.82. The second-order valence-corrected chi connectivity index (χ2v) is 3.98. The maximum Gasteiger partial charge on any atom is 0.343 e. The Labute approximate surface area is 111 Å². The Balaban J connectivity index is 0. The van der Waals surface area contributed by atoms with Crippen molar-refractivity contribution in [3.63, 3.8) is 0 Å². The molecule has 0 fully saturated rings. The lowest BCUT2D eigenvalue weighted by atomic mass is 9.98. The van der Waals surface area contributed by atoms with E-state index < -0.39 is 17.5 Å². The largest absolute Gasteiger partial charge is 0.477 e. The third kappa shape index (κ3) is 4.53. The van der Waals surface area contributed by atoms with Gasteiger partial charge in [0.05, 0.1) is 0 Å². The third-order valence-electron chi connectivity index (χ3n) is 2.49. The summed E-state index contributed by atoms with van der Waals surface area (Å²) in [4.78, 5) is 21.6. The van der Waals surface area contributed by atoms with Crippen molar-refractivity contribution in [2.24, 2.45) is 0 Å². The molecule has 0 aromatic heterocycles. The zero-order chi connectivity index (χ0) is 13.2. The van der Waals surface area contributed by atoms with Gasteiger partial charge in [-0.05, 0) is 43.5 Å². The number of hydrogen-bond donors (Lipinski definition) is 4. The van der Waals surface area contributed by atoms with E-state index in [0.717, 1.165) is 16.7 Å². The van der Waals surface area contributed by atoms with Gasteiger partial charge in [-0.1, -0.05) is 17.7 Å². The molecule has 0 unspecified atom stereocenters. The smallest absolute Gasteiger partial charge is 0.343 e. The summed E-state index contributed by atoms with van der Waals surface area (Å²) in [7, 11) is 0. The number of carboxylic acid groups (broad SMARTS) is 2. The number of rotatable bonds is 3. The number of carbonyl (C=O) groups is 2. The van der Waals surface area contributed by atoms with Crippen molar-refractivity contribution < 1.29 is 19.8 Å². The van der Waals surface area contributed by atoms with Gasteiger partial charge in [-0.15, -0.1) is 0 Å². The molecule has 6 nitrogen and oxygen atoms in total. The van der Waals surface area contributed by atoms with Crippen molar-refractivity contribution >= 4 is 18.0 Å². The maximum absolute atomic E-state index is 10.8. The molecule has 0 radical (unpaired) electrons. The lowest BCUT2D eigenvalue weighted by molar-refractivity contribution is -0.139. The van der Waals surface area contributed by atoms with Gasteiger partial charge in [-0.3, -0.25) is 0 Å². The lowest BCUT2D eigenvalue weighted by Crippen LogP contribution is -2.11. The summed E-state index contributed by atoms with van der Waals surface area (Å²) in [6.45, 7) is 5.59. The molecule has 0 aliphatic carbocycles. The molecule has 1 aromatic rings. The van der Waals surface area contributed by atoms with Crippen molar-refractivity contribution in [3.8, 4) is 0 Å². The molecule has 0 amide bonds. The predicted molar refractivity (Wildman–Crippen MR) is 73.9 cm³/mol. The number of carboxylic acids is 2. The first kappa shape index (κ1) is 19.2. The highest BCUT2D eigenvalue weighted by molar-refractivity contribution is 6.16. The van der Waals surface area contributed by atoms with Crippen LogP contribution in [0.15, 0.2) is 17.7 Å². The van der Waals surface area contributed by atoms with E-state index in [2.05, 4.69) is 0 Å². The summed E-state index contributed by atoms with van der Waals surface area (Å²) in [6, 6.07) is 3.78. The zero-order valence-electron chi connectivity index (χ0n) is 11.4. The molecule has 0 atom stereocenters. The Kier molecular flexibility index (Phi) is 7.36. The Morgan fingerprint density at radius 3 is 1.63 bits per heavy atom. The number of aliphatic carboxylic acids is 2. The fourth-order valence-electron chi connectivity index (χ4n) is 1.78. The van der Waals surface area contributed by atoms with Crippen LogP contribution < -0.4 is 12.3 Å². The van der Waals surface area contributed by atoms with E-state index >= 15 is 0 Å². The molecule has 6 heteroatoms. The molecule has 0 spiro atoms. The van der Waals surface area contributed by atoms with Crippen LogP contribution in [0.2, 0.25) is 0 Å². The van der Waals surface area contributed by atoms with E-state index in [0.29, 0.717) is 5.56 Å². The molecule has 19 heavy (non-hydrogen) atoms. The van der Waals surface area contributed by atoms with Crippen molar-refractivity contribution in [3.05, 3.63) is 40.0 Å². The molecule has 8 N–H and O–H groups in total. The summed E-state index contributed by atoms with van der Waals surface area (Å²) < 4.78 is 0. The summed E-state index contributed by atoms with van der Waals surface area (Å²) in [6.07, 6.45) is 1.20. The highest BCUT2D eigenvalue weighted by Crippen LogP contribution is 2.19. The standard InChI is InChI=1S/C13H14O4.2H3N/c1-7-4-8(2)10(9(3)5-7)6-11(12(14)15)13(16)17;;/h4-6H,1-3H3,(H,14,15)(H,16,17);2*1H3. The summed E-state index contributed by atoms with van der Waals surface area (Å²) >= 11 is 0. The zero-order valence-corrected chi connectivity index (χ0v) is 11.4. The number of aryl methyl sites for hydroxylation is 3.